The molecule has 29 heavy (non-hydrogen) atoms. The van der Waals surface area contributed by atoms with E-state index in [1.807, 2.05) is 6.07 Å². The molecule has 0 amide bonds. The average molecular weight is 395 g/mol. The molecule has 2 aliphatic heterocycles. The molecule has 1 aromatic carbocycles. The predicted octanol–water partition coefficient (Wildman–Crippen LogP) is 2.89. The maximum absolute atomic E-state index is 12.9. The van der Waals surface area contributed by atoms with Gasteiger partial charge in [0.1, 0.15) is 11.4 Å². The van der Waals surface area contributed by atoms with Gasteiger partial charge in [0.15, 0.2) is 17.1 Å². The van der Waals surface area contributed by atoms with Crippen LogP contribution in [0.4, 0.5) is 0 Å². The molecule has 1 saturated heterocycles. The van der Waals surface area contributed by atoms with Gasteiger partial charge in [0.2, 0.25) is 0 Å². The number of likely N-dealkylation sites (tertiary alicyclic amines) is 1. The van der Waals surface area contributed by atoms with Gasteiger partial charge in [-0.3, -0.25) is 4.79 Å². The molecule has 2 heterocycles. The normalized spacial score (nSPS) is 45.7. The zero-order valence-electron chi connectivity index (χ0n) is 17.9. The van der Waals surface area contributed by atoms with Crippen molar-refractivity contribution in [2.45, 2.75) is 55.8 Å². The number of methoxy groups -OCH3 is 2. The summed E-state index contributed by atoms with van der Waals surface area (Å²) in [5, 5.41) is 0. The number of hydrogen-bond acceptors (Lipinski definition) is 5. The Hall–Kier alpha value is -1.85. The van der Waals surface area contributed by atoms with E-state index in [2.05, 4.69) is 37.1 Å². The maximum Gasteiger partial charge on any atom is 0.166 e. The van der Waals surface area contributed by atoms with Crippen LogP contribution in [0, 0.1) is 11.3 Å². The minimum Gasteiger partial charge on any atom is -0.493 e. The summed E-state index contributed by atoms with van der Waals surface area (Å²) in [7, 11) is 5.68. The van der Waals surface area contributed by atoms with Crippen molar-refractivity contribution in [1.29, 1.82) is 0 Å². The lowest BCUT2D eigenvalue weighted by Gasteiger charge is -2.74. The van der Waals surface area contributed by atoms with E-state index in [9.17, 15) is 4.79 Å². The van der Waals surface area contributed by atoms with Gasteiger partial charge >= 0.3 is 0 Å². The highest BCUT2D eigenvalue weighted by atomic mass is 16.6. The summed E-state index contributed by atoms with van der Waals surface area (Å²) in [6.45, 7) is 4.92. The Labute approximate surface area is 172 Å². The number of ketones is 1. The van der Waals surface area contributed by atoms with E-state index >= 15 is 0 Å². The van der Waals surface area contributed by atoms with Gasteiger partial charge in [-0.1, -0.05) is 18.2 Å². The van der Waals surface area contributed by atoms with E-state index in [4.69, 9.17) is 14.2 Å². The van der Waals surface area contributed by atoms with Crippen LogP contribution >= 0.6 is 0 Å². The van der Waals surface area contributed by atoms with Crippen molar-refractivity contribution in [1.82, 2.24) is 4.90 Å². The number of hydrogen-bond donors (Lipinski definition) is 0. The minimum absolute atomic E-state index is 0.143. The Kier molecular flexibility index (Phi) is 3.14. The van der Waals surface area contributed by atoms with Crippen molar-refractivity contribution < 1.29 is 19.0 Å². The van der Waals surface area contributed by atoms with Gasteiger partial charge in [-0.2, -0.15) is 0 Å². The van der Waals surface area contributed by atoms with E-state index in [0.29, 0.717) is 6.04 Å². The number of ether oxygens (including phenoxy) is 3. The highest BCUT2D eigenvalue weighted by Crippen LogP contribution is 2.78. The van der Waals surface area contributed by atoms with Crippen molar-refractivity contribution in [2.75, 3.05) is 27.8 Å². The summed E-state index contributed by atoms with van der Waals surface area (Å²) >= 11 is 0. The number of rotatable bonds is 3. The summed E-state index contributed by atoms with van der Waals surface area (Å²) in [5.41, 5.74) is 0.875. The lowest BCUT2D eigenvalue weighted by Crippen LogP contribution is -2.84. The number of fused-ring (bicyclic) bond motifs is 1. The van der Waals surface area contributed by atoms with Crippen LogP contribution in [0.5, 0.6) is 11.5 Å². The third-order valence-electron chi connectivity index (χ3n) is 9.41. The number of Topliss-reactive ketones (excluding diaryl/α,β-unsaturated/α-hetero) is 1. The van der Waals surface area contributed by atoms with Crippen molar-refractivity contribution >= 4 is 5.78 Å². The molecule has 0 N–H and O–H groups in total. The molecule has 0 aromatic heterocycles. The molecular formula is C24H29NO4. The molecule has 4 bridgehead atoms. The van der Waals surface area contributed by atoms with Gasteiger partial charge in [0, 0.05) is 24.1 Å². The highest BCUT2D eigenvalue weighted by molar-refractivity contribution is 5.83. The fraction of sp³-hybridized carbons (Fsp3) is 0.625. The summed E-state index contributed by atoms with van der Waals surface area (Å²) in [6.07, 6.45) is 7.36. The van der Waals surface area contributed by atoms with Crippen LogP contribution in [0.2, 0.25) is 0 Å². The lowest BCUT2D eigenvalue weighted by atomic mass is 9.33. The van der Waals surface area contributed by atoms with Gasteiger partial charge < -0.3 is 19.1 Å². The maximum atomic E-state index is 12.9. The van der Waals surface area contributed by atoms with Crippen molar-refractivity contribution in [3.05, 3.63) is 35.4 Å². The Morgan fingerprint density at radius 2 is 2.07 bits per heavy atom. The molecule has 6 aliphatic rings. The molecule has 0 unspecified atom stereocenters. The first-order chi connectivity index (χ1) is 13.8. The smallest absolute Gasteiger partial charge is 0.166 e. The van der Waals surface area contributed by atoms with Gasteiger partial charge in [-0.05, 0) is 58.3 Å². The zero-order valence-corrected chi connectivity index (χ0v) is 17.9. The third-order valence-corrected chi connectivity index (χ3v) is 9.41. The number of piperidine rings is 1. The first-order valence-corrected chi connectivity index (χ1v) is 10.7. The average Bonchev–Trinajstić information content (AvgIpc) is 3.00. The Morgan fingerprint density at radius 3 is 2.76 bits per heavy atom. The summed E-state index contributed by atoms with van der Waals surface area (Å²) in [6, 6.07) is 4.61. The van der Waals surface area contributed by atoms with Crippen molar-refractivity contribution in [2.24, 2.45) is 11.3 Å². The van der Waals surface area contributed by atoms with Crippen LogP contribution in [-0.4, -0.2) is 55.7 Å². The molecule has 1 saturated carbocycles. The summed E-state index contributed by atoms with van der Waals surface area (Å²) < 4.78 is 19.0. The quantitative estimate of drug-likeness (QED) is 0.737. The van der Waals surface area contributed by atoms with Crippen molar-refractivity contribution in [3.63, 3.8) is 0 Å². The molecule has 2 spiro atoms. The van der Waals surface area contributed by atoms with E-state index in [0.717, 1.165) is 37.3 Å². The minimum atomic E-state index is -0.778. The molecule has 2 fully saturated rings. The van der Waals surface area contributed by atoms with Crippen LogP contribution in [0.3, 0.4) is 0 Å². The second-order valence-electron chi connectivity index (χ2n) is 9.86. The molecular weight excluding hydrogens is 366 g/mol. The lowest BCUT2D eigenvalue weighted by molar-refractivity contribution is -0.255. The molecule has 6 atom stereocenters. The molecule has 0 radical (unpaired) electrons. The van der Waals surface area contributed by atoms with Gasteiger partial charge in [-0.15, -0.1) is 0 Å². The number of likely N-dealkylation sites (N-methyl/N-ethyl adjacent to an activating group) is 1. The van der Waals surface area contributed by atoms with Crippen LogP contribution in [0.15, 0.2) is 24.3 Å². The third kappa shape index (κ3) is 1.52. The molecule has 5 heteroatoms. The summed E-state index contributed by atoms with van der Waals surface area (Å²) in [4.78, 5) is 15.4. The van der Waals surface area contributed by atoms with Crippen LogP contribution in [0.25, 0.3) is 0 Å². The molecule has 7 rings (SSSR count). The van der Waals surface area contributed by atoms with E-state index in [1.165, 1.54) is 11.1 Å². The molecule has 1 aromatic rings. The second kappa shape index (κ2) is 5.06. The van der Waals surface area contributed by atoms with Gasteiger partial charge in [0.05, 0.1) is 18.4 Å². The van der Waals surface area contributed by atoms with Crippen molar-refractivity contribution in [3.8, 4) is 11.5 Å². The van der Waals surface area contributed by atoms with Gasteiger partial charge in [0.25, 0.3) is 0 Å². The van der Waals surface area contributed by atoms with Crippen LogP contribution in [0.1, 0.15) is 37.8 Å². The number of carbonyl (C=O) groups excluding carboxylic acids is 1. The Balaban J connectivity index is 1.76. The highest BCUT2D eigenvalue weighted by Gasteiger charge is 2.84. The standard InChI is InChI=1S/C24H29NO4/c1-14(26)16-13-22-8-9-24(16,28-5)21(2)23(22)10-11-25(3)18(22)12-15-6-7-17(27-4)20(29-21)19(15)23/h6-9,16,18H,10-13H2,1-5H3/t16-,18-,21+,22+,23+,24-/m1/s1. The largest absolute Gasteiger partial charge is 0.493 e. The van der Waals surface area contributed by atoms with Crippen LogP contribution in [-0.2, 0) is 21.4 Å². The van der Waals surface area contributed by atoms with Crippen LogP contribution < -0.4 is 9.47 Å². The number of benzene rings is 1. The number of nitrogens with zero attached hydrogens (tertiary/aromatic N) is 1. The Bertz CT molecular complexity index is 987. The topological polar surface area (TPSA) is 48.0 Å². The zero-order chi connectivity index (χ0) is 20.4. The van der Waals surface area contributed by atoms with E-state index < -0.39 is 11.2 Å². The first kappa shape index (κ1) is 18.0. The molecule has 4 aliphatic carbocycles. The molecule has 154 valence electrons. The monoisotopic (exact) mass is 395 g/mol. The van der Waals surface area contributed by atoms with E-state index in [1.54, 1.807) is 21.1 Å². The molecule has 5 nitrogen and oxygen atoms in total. The van der Waals surface area contributed by atoms with E-state index in [-0.39, 0.29) is 22.5 Å². The predicted molar refractivity (Wildman–Crippen MR) is 109 cm³/mol. The Morgan fingerprint density at radius 1 is 1.28 bits per heavy atom. The number of carbonyl (C=O) groups is 1. The second-order valence-corrected chi connectivity index (χ2v) is 9.86. The first-order valence-electron chi connectivity index (χ1n) is 10.7. The summed E-state index contributed by atoms with van der Waals surface area (Å²) in [5.74, 6) is 1.62. The fourth-order valence-electron chi connectivity index (χ4n) is 8.30. The SMILES string of the molecule is COc1ccc2c3c1O[C@@]1(C)[C@]34CCN(C)[C@H](C2)[C@@]42C=C[C@@]1(OC)[C@@H](C(C)=O)C2. The fourth-order valence-corrected chi connectivity index (χ4v) is 8.30. The van der Waals surface area contributed by atoms with Gasteiger partial charge in [-0.25, -0.2) is 0 Å².